The second-order valence-corrected chi connectivity index (χ2v) is 5.69. The average Bonchev–Trinajstić information content (AvgIpc) is 2.96. The van der Waals surface area contributed by atoms with Crippen LogP contribution in [-0.2, 0) is 17.8 Å². The molecule has 0 atom stereocenters. The second-order valence-electron chi connectivity index (χ2n) is 4.28. The Hall–Kier alpha value is -1.76. The van der Waals surface area contributed by atoms with Gasteiger partial charge in [0.2, 0.25) is 5.91 Å². The molecule has 0 saturated carbocycles. The average molecular weight is 279 g/mol. The molecule has 2 rings (SSSR count). The van der Waals surface area contributed by atoms with E-state index in [1.54, 1.807) is 22.2 Å². The van der Waals surface area contributed by atoms with E-state index in [2.05, 4.69) is 20.6 Å². The van der Waals surface area contributed by atoms with E-state index >= 15 is 0 Å². The van der Waals surface area contributed by atoms with Crippen molar-refractivity contribution in [2.75, 3.05) is 6.54 Å². The van der Waals surface area contributed by atoms with E-state index < -0.39 is 0 Å². The lowest BCUT2D eigenvalue weighted by atomic mass is 10.2. The van der Waals surface area contributed by atoms with E-state index in [1.165, 1.54) is 0 Å². The standard InChI is InChI=1S/C12H17N5OS/c1-9-11(15-10(2)19-9)8-12(18)13-4-3-6-17-7-5-14-16-17/h5,7H,3-4,6,8H2,1-2H3,(H,13,18). The van der Waals surface area contributed by atoms with Crippen LogP contribution in [0.4, 0.5) is 0 Å². The monoisotopic (exact) mass is 279 g/mol. The van der Waals surface area contributed by atoms with Crippen molar-refractivity contribution in [2.24, 2.45) is 0 Å². The molecule has 0 aliphatic carbocycles. The van der Waals surface area contributed by atoms with Gasteiger partial charge in [0.15, 0.2) is 0 Å². The molecule has 2 aromatic rings. The fourth-order valence-corrected chi connectivity index (χ4v) is 2.61. The maximum Gasteiger partial charge on any atom is 0.226 e. The van der Waals surface area contributed by atoms with Crippen LogP contribution in [0.25, 0.3) is 0 Å². The molecule has 0 saturated heterocycles. The zero-order valence-corrected chi connectivity index (χ0v) is 11.9. The number of amides is 1. The minimum Gasteiger partial charge on any atom is -0.356 e. The molecule has 2 aromatic heterocycles. The highest BCUT2D eigenvalue weighted by atomic mass is 32.1. The number of carbonyl (C=O) groups is 1. The Kier molecular flexibility index (Phi) is 4.62. The van der Waals surface area contributed by atoms with Crippen molar-refractivity contribution in [1.29, 1.82) is 0 Å². The largest absolute Gasteiger partial charge is 0.356 e. The van der Waals surface area contributed by atoms with Crippen LogP contribution in [0.5, 0.6) is 0 Å². The molecule has 2 heterocycles. The molecule has 1 N–H and O–H groups in total. The third-order valence-electron chi connectivity index (χ3n) is 2.69. The van der Waals surface area contributed by atoms with Gasteiger partial charge in [-0.15, -0.1) is 16.4 Å². The van der Waals surface area contributed by atoms with Gasteiger partial charge >= 0.3 is 0 Å². The van der Waals surface area contributed by atoms with Gasteiger partial charge in [-0.1, -0.05) is 5.21 Å². The first-order chi connectivity index (χ1) is 9.15. The Morgan fingerprint density at radius 1 is 1.47 bits per heavy atom. The van der Waals surface area contributed by atoms with Crippen LogP contribution in [-0.4, -0.2) is 32.4 Å². The molecule has 6 nitrogen and oxygen atoms in total. The summed E-state index contributed by atoms with van der Waals surface area (Å²) in [6.07, 6.45) is 4.65. The van der Waals surface area contributed by atoms with E-state index in [0.29, 0.717) is 13.0 Å². The first kappa shape index (κ1) is 13.7. The van der Waals surface area contributed by atoms with Crippen molar-refractivity contribution >= 4 is 17.2 Å². The van der Waals surface area contributed by atoms with Gasteiger partial charge in [0.05, 0.1) is 23.3 Å². The molecular formula is C12H17N5OS. The highest BCUT2D eigenvalue weighted by molar-refractivity contribution is 7.11. The first-order valence-electron chi connectivity index (χ1n) is 6.19. The summed E-state index contributed by atoms with van der Waals surface area (Å²) < 4.78 is 1.75. The maximum absolute atomic E-state index is 11.8. The van der Waals surface area contributed by atoms with E-state index in [0.717, 1.165) is 28.5 Å². The molecule has 0 aliphatic rings. The van der Waals surface area contributed by atoms with Crippen LogP contribution in [0.3, 0.4) is 0 Å². The molecule has 0 aliphatic heterocycles. The van der Waals surface area contributed by atoms with E-state index in [4.69, 9.17) is 0 Å². The lowest BCUT2D eigenvalue weighted by Crippen LogP contribution is -2.27. The maximum atomic E-state index is 11.8. The number of carbonyl (C=O) groups excluding carboxylic acids is 1. The number of rotatable bonds is 6. The Balaban J connectivity index is 1.68. The van der Waals surface area contributed by atoms with Gasteiger partial charge in [-0.2, -0.15) is 0 Å². The minimum absolute atomic E-state index is 0.0204. The van der Waals surface area contributed by atoms with E-state index in [-0.39, 0.29) is 5.91 Å². The topological polar surface area (TPSA) is 72.7 Å². The van der Waals surface area contributed by atoms with Gasteiger partial charge in [-0.3, -0.25) is 9.48 Å². The fourth-order valence-electron chi connectivity index (χ4n) is 1.77. The first-order valence-corrected chi connectivity index (χ1v) is 7.00. The SMILES string of the molecule is Cc1nc(CC(=O)NCCCn2ccnn2)c(C)s1. The van der Waals surface area contributed by atoms with Gasteiger partial charge in [-0.25, -0.2) is 4.98 Å². The zero-order valence-electron chi connectivity index (χ0n) is 11.1. The predicted molar refractivity (Wildman–Crippen MR) is 72.9 cm³/mol. The fraction of sp³-hybridized carbons (Fsp3) is 0.500. The molecule has 19 heavy (non-hydrogen) atoms. The number of thiazole rings is 1. The highest BCUT2D eigenvalue weighted by Crippen LogP contribution is 2.16. The molecule has 0 aromatic carbocycles. The Bertz CT molecular complexity index is 534. The smallest absolute Gasteiger partial charge is 0.226 e. The number of nitrogens with one attached hydrogen (secondary N) is 1. The van der Waals surface area contributed by atoms with Gasteiger partial charge in [0.1, 0.15) is 0 Å². The van der Waals surface area contributed by atoms with Crippen molar-refractivity contribution in [3.63, 3.8) is 0 Å². The van der Waals surface area contributed by atoms with Crippen LogP contribution >= 0.6 is 11.3 Å². The zero-order chi connectivity index (χ0) is 13.7. The number of nitrogens with zero attached hydrogens (tertiary/aromatic N) is 4. The van der Waals surface area contributed by atoms with Crippen molar-refractivity contribution in [2.45, 2.75) is 33.2 Å². The molecule has 1 amide bonds. The van der Waals surface area contributed by atoms with Gasteiger partial charge in [0, 0.05) is 24.2 Å². The quantitative estimate of drug-likeness (QED) is 0.804. The summed E-state index contributed by atoms with van der Waals surface area (Å²) in [5, 5.41) is 11.5. The molecule has 102 valence electrons. The molecular weight excluding hydrogens is 262 g/mol. The predicted octanol–water partition coefficient (Wildman–Crippen LogP) is 1.10. The number of hydrogen-bond donors (Lipinski definition) is 1. The van der Waals surface area contributed by atoms with Crippen LogP contribution in [0, 0.1) is 13.8 Å². The summed E-state index contributed by atoms with van der Waals surface area (Å²) in [5.41, 5.74) is 0.885. The van der Waals surface area contributed by atoms with Crippen LogP contribution < -0.4 is 5.32 Å². The highest BCUT2D eigenvalue weighted by Gasteiger charge is 2.09. The summed E-state index contributed by atoms with van der Waals surface area (Å²) in [6.45, 7) is 5.35. The van der Waals surface area contributed by atoms with E-state index in [9.17, 15) is 4.79 Å². The van der Waals surface area contributed by atoms with Crippen LogP contribution in [0.2, 0.25) is 0 Å². The molecule has 0 spiro atoms. The Morgan fingerprint density at radius 2 is 2.32 bits per heavy atom. The third kappa shape index (κ3) is 4.13. The number of aromatic nitrogens is 4. The van der Waals surface area contributed by atoms with Crippen molar-refractivity contribution in [3.05, 3.63) is 28.0 Å². The summed E-state index contributed by atoms with van der Waals surface area (Å²) in [5.74, 6) is 0.0204. The Morgan fingerprint density at radius 3 is 2.95 bits per heavy atom. The lowest BCUT2D eigenvalue weighted by molar-refractivity contribution is -0.120. The van der Waals surface area contributed by atoms with Gasteiger partial charge in [-0.05, 0) is 20.3 Å². The summed E-state index contributed by atoms with van der Waals surface area (Å²) in [4.78, 5) is 17.2. The number of aryl methyl sites for hydroxylation is 3. The van der Waals surface area contributed by atoms with Gasteiger partial charge in [0.25, 0.3) is 0 Å². The van der Waals surface area contributed by atoms with Crippen LogP contribution in [0.1, 0.15) is 22.0 Å². The molecule has 0 fully saturated rings. The molecule has 0 radical (unpaired) electrons. The van der Waals surface area contributed by atoms with Crippen molar-refractivity contribution < 1.29 is 4.79 Å². The summed E-state index contributed by atoms with van der Waals surface area (Å²) in [7, 11) is 0. The van der Waals surface area contributed by atoms with Gasteiger partial charge < -0.3 is 5.32 Å². The third-order valence-corrected chi connectivity index (χ3v) is 3.61. The number of hydrogen-bond acceptors (Lipinski definition) is 5. The van der Waals surface area contributed by atoms with E-state index in [1.807, 2.05) is 20.0 Å². The van der Waals surface area contributed by atoms with Crippen molar-refractivity contribution in [1.82, 2.24) is 25.3 Å². The lowest BCUT2D eigenvalue weighted by Gasteiger charge is -2.04. The molecule has 7 heteroatoms. The van der Waals surface area contributed by atoms with Crippen molar-refractivity contribution in [3.8, 4) is 0 Å². The Labute approximate surface area is 115 Å². The minimum atomic E-state index is 0.0204. The summed E-state index contributed by atoms with van der Waals surface area (Å²) >= 11 is 1.63. The summed E-state index contributed by atoms with van der Waals surface area (Å²) in [6, 6.07) is 0. The normalized spacial score (nSPS) is 10.6. The molecule has 0 bridgehead atoms. The van der Waals surface area contributed by atoms with Crippen LogP contribution in [0.15, 0.2) is 12.4 Å². The second kappa shape index (κ2) is 6.42. The molecule has 0 unspecified atom stereocenters.